The van der Waals surface area contributed by atoms with E-state index in [1.54, 1.807) is 54.6 Å². The minimum atomic E-state index is -1.07. The topological polar surface area (TPSA) is 66.8 Å². The summed E-state index contributed by atoms with van der Waals surface area (Å²) in [5, 5.41) is 9.33. The smallest absolute Gasteiger partial charge is 0.326 e. The second-order valence-electron chi connectivity index (χ2n) is 4.98. The van der Waals surface area contributed by atoms with Crippen molar-refractivity contribution < 1.29 is 19.4 Å². The summed E-state index contributed by atoms with van der Waals surface area (Å²) >= 11 is 0. The van der Waals surface area contributed by atoms with E-state index in [9.17, 15) is 14.7 Å². The number of nitrogens with zero attached hydrogens (tertiary/aromatic N) is 1. The second-order valence-corrected chi connectivity index (χ2v) is 4.98. The summed E-state index contributed by atoms with van der Waals surface area (Å²) in [5.41, 5.74) is 0.951. The van der Waals surface area contributed by atoms with Crippen LogP contribution < -0.4 is 9.64 Å². The number of ether oxygens (including phenoxy) is 1. The van der Waals surface area contributed by atoms with Crippen molar-refractivity contribution in [3.63, 3.8) is 0 Å². The average Bonchev–Trinajstić information content (AvgIpc) is 2.57. The zero-order valence-electron chi connectivity index (χ0n) is 13.1. The van der Waals surface area contributed by atoms with E-state index < -0.39 is 12.0 Å². The van der Waals surface area contributed by atoms with Gasteiger partial charge in [-0.2, -0.15) is 0 Å². The Morgan fingerprint density at radius 1 is 1.09 bits per heavy atom. The van der Waals surface area contributed by atoms with Crippen molar-refractivity contribution in [2.45, 2.75) is 19.9 Å². The molecule has 0 aromatic heterocycles. The lowest BCUT2D eigenvalue weighted by atomic mass is 10.1. The van der Waals surface area contributed by atoms with Gasteiger partial charge in [0, 0.05) is 11.3 Å². The number of carboxylic acid groups (broad SMARTS) is 1. The summed E-state index contributed by atoms with van der Waals surface area (Å²) in [4.78, 5) is 25.4. The van der Waals surface area contributed by atoms with Crippen LogP contribution in [0.25, 0.3) is 0 Å². The fraction of sp³-hybridized carbons (Fsp3) is 0.222. The zero-order chi connectivity index (χ0) is 16.8. The van der Waals surface area contributed by atoms with E-state index in [1.165, 1.54) is 11.8 Å². The number of carbonyl (C=O) groups excluding carboxylic acids is 1. The maximum Gasteiger partial charge on any atom is 0.326 e. The van der Waals surface area contributed by atoms with Crippen LogP contribution in [0.15, 0.2) is 54.6 Å². The van der Waals surface area contributed by atoms with Crippen LogP contribution in [-0.2, 0) is 4.79 Å². The minimum Gasteiger partial charge on any atom is -0.494 e. The standard InChI is InChI=1S/C18H19NO4/c1-3-23-16-11-9-15(10-12-16)19(13(2)18(21)22)17(20)14-7-5-4-6-8-14/h4-13H,3H2,1-2H3,(H,21,22)/t13-/m0/s1. The molecule has 0 fully saturated rings. The molecule has 2 aromatic carbocycles. The molecule has 0 aliphatic heterocycles. The quantitative estimate of drug-likeness (QED) is 0.889. The highest BCUT2D eigenvalue weighted by Crippen LogP contribution is 2.23. The van der Waals surface area contributed by atoms with E-state index in [-0.39, 0.29) is 5.91 Å². The van der Waals surface area contributed by atoms with Gasteiger partial charge >= 0.3 is 5.97 Å². The third-order valence-electron chi connectivity index (χ3n) is 3.41. The van der Waals surface area contributed by atoms with Gasteiger partial charge in [-0.05, 0) is 50.2 Å². The van der Waals surface area contributed by atoms with Crippen LogP contribution in [-0.4, -0.2) is 29.6 Å². The first-order valence-corrected chi connectivity index (χ1v) is 7.39. The van der Waals surface area contributed by atoms with Gasteiger partial charge in [-0.3, -0.25) is 9.69 Å². The fourth-order valence-electron chi connectivity index (χ4n) is 2.22. The average molecular weight is 313 g/mol. The lowest BCUT2D eigenvalue weighted by Crippen LogP contribution is -2.43. The Morgan fingerprint density at radius 2 is 1.70 bits per heavy atom. The first kappa shape index (κ1) is 16.5. The number of amides is 1. The van der Waals surface area contributed by atoms with Crippen LogP contribution in [0.1, 0.15) is 24.2 Å². The molecule has 1 amide bonds. The molecule has 0 unspecified atom stereocenters. The molecule has 0 aliphatic rings. The Labute approximate surface area is 135 Å². The Hall–Kier alpha value is -2.82. The molecule has 0 spiro atoms. The van der Waals surface area contributed by atoms with Crippen molar-refractivity contribution >= 4 is 17.6 Å². The molecular weight excluding hydrogens is 294 g/mol. The maximum absolute atomic E-state index is 12.7. The van der Waals surface area contributed by atoms with Gasteiger partial charge in [0.05, 0.1) is 6.61 Å². The third-order valence-corrected chi connectivity index (χ3v) is 3.41. The molecule has 5 heteroatoms. The molecule has 1 atom stereocenters. The van der Waals surface area contributed by atoms with Crippen molar-refractivity contribution in [1.82, 2.24) is 0 Å². The molecule has 0 saturated heterocycles. The van der Waals surface area contributed by atoms with Crippen LogP contribution in [0.3, 0.4) is 0 Å². The molecule has 0 radical (unpaired) electrons. The largest absolute Gasteiger partial charge is 0.494 e. The molecule has 0 saturated carbocycles. The van der Waals surface area contributed by atoms with E-state index in [0.29, 0.717) is 23.6 Å². The molecule has 2 rings (SSSR count). The molecule has 23 heavy (non-hydrogen) atoms. The zero-order valence-corrected chi connectivity index (χ0v) is 13.1. The van der Waals surface area contributed by atoms with Crippen molar-refractivity contribution in [1.29, 1.82) is 0 Å². The first-order valence-electron chi connectivity index (χ1n) is 7.39. The van der Waals surface area contributed by atoms with E-state index in [1.807, 2.05) is 6.92 Å². The highest BCUT2D eigenvalue weighted by atomic mass is 16.5. The van der Waals surface area contributed by atoms with E-state index >= 15 is 0 Å². The lowest BCUT2D eigenvalue weighted by molar-refractivity contribution is -0.138. The van der Waals surface area contributed by atoms with Gasteiger partial charge < -0.3 is 9.84 Å². The van der Waals surface area contributed by atoms with Crippen molar-refractivity contribution in [3.05, 3.63) is 60.2 Å². The van der Waals surface area contributed by atoms with Crippen LogP contribution >= 0.6 is 0 Å². The van der Waals surface area contributed by atoms with Crippen LogP contribution in [0, 0.1) is 0 Å². The van der Waals surface area contributed by atoms with E-state index in [2.05, 4.69) is 0 Å². The molecule has 0 aliphatic carbocycles. The van der Waals surface area contributed by atoms with Crippen molar-refractivity contribution in [2.24, 2.45) is 0 Å². The van der Waals surface area contributed by atoms with Crippen LogP contribution in [0.2, 0.25) is 0 Å². The summed E-state index contributed by atoms with van der Waals surface area (Å²) < 4.78 is 5.37. The summed E-state index contributed by atoms with van der Waals surface area (Å²) in [7, 11) is 0. The molecule has 0 heterocycles. The number of benzene rings is 2. The second kappa shape index (κ2) is 7.45. The predicted octanol–water partition coefficient (Wildman–Crippen LogP) is 3.21. The number of hydrogen-bond acceptors (Lipinski definition) is 3. The Balaban J connectivity index is 2.38. The summed E-state index contributed by atoms with van der Waals surface area (Å²) in [6.07, 6.45) is 0. The normalized spacial score (nSPS) is 11.6. The Morgan fingerprint density at radius 3 is 2.22 bits per heavy atom. The van der Waals surface area contributed by atoms with Gasteiger partial charge in [-0.15, -0.1) is 0 Å². The van der Waals surface area contributed by atoms with Gasteiger partial charge in [0.1, 0.15) is 11.8 Å². The van der Waals surface area contributed by atoms with Crippen LogP contribution in [0.4, 0.5) is 5.69 Å². The number of aliphatic carboxylic acids is 1. The van der Waals surface area contributed by atoms with E-state index in [4.69, 9.17) is 4.74 Å². The molecule has 2 aromatic rings. The van der Waals surface area contributed by atoms with Crippen molar-refractivity contribution in [2.75, 3.05) is 11.5 Å². The van der Waals surface area contributed by atoms with Gasteiger partial charge in [-0.25, -0.2) is 4.79 Å². The highest BCUT2D eigenvalue weighted by Gasteiger charge is 2.27. The molecule has 1 N–H and O–H groups in total. The van der Waals surface area contributed by atoms with Gasteiger partial charge in [0.15, 0.2) is 0 Å². The highest BCUT2D eigenvalue weighted by molar-refractivity contribution is 6.09. The SMILES string of the molecule is CCOc1ccc(N(C(=O)c2ccccc2)[C@@H](C)C(=O)O)cc1. The summed E-state index contributed by atoms with van der Waals surface area (Å²) in [6, 6.07) is 14.5. The first-order chi connectivity index (χ1) is 11.0. The van der Waals surface area contributed by atoms with Gasteiger partial charge in [0.25, 0.3) is 5.91 Å². The number of anilines is 1. The van der Waals surface area contributed by atoms with Crippen LogP contribution in [0.5, 0.6) is 5.75 Å². The molecule has 5 nitrogen and oxygen atoms in total. The van der Waals surface area contributed by atoms with Gasteiger partial charge in [0.2, 0.25) is 0 Å². The lowest BCUT2D eigenvalue weighted by Gasteiger charge is -2.27. The number of hydrogen-bond donors (Lipinski definition) is 1. The van der Waals surface area contributed by atoms with Crippen molar-refractivity contribution in [3.8, 4) is 5.75 Å². The summed E-state index contributed by atoms with van der Waals surface area (Å²) in [6.45, 7) is 3.91. The summed E-state index contributed by atoms with van der Waals surface area (Å²) in [5.74, 6) is -0.751. The Kier molecular flexibility index (Phi) is 5.36. The number of carbonyl (C=O) groups is 2. The van der Waals surface area contributed by atoms with Gasteiger partial charge in [-0.1, -0.05) is 18.2 Å². The number of rotatable bonds is 6. The maximum atomic E-state index is 12.7. The fourth-order valence-corrected chi connectivity index (χ4v) is 2.22. The predicted molar refractivity (Wildman–Crippen MR) is 88.0 cm³/mol. The molecular formula is C18H19NO4. The molecule has 0 bridgehead atoms. The molecule has 120 valence electrons. The third kappa shape index (κ3) is 3.88. The van der Waals surface area contributed by atoms with E-state index in [0.717, 1.165) is 0 Å². The monoisotopic (exact) mass is 313 g/mol. The minimum absolute atomic E-state index is 0.357. The number of carboxylic acids is 1. The Bertz CT molecular complexity index is 667.